The third-order valence-corrected chi connectivity index (χ3v) is 5.94. The number of nitrogens with one attached hydrogen (secondary N) is 1. The highest BCUT2D eigenvalue weighted by atomic mass is 15.3. The number of imidazole rings is 1. The van der Waals surface area contributed by atoms with Gasteiger partial charge in [-0.25, -0.2) is 15.0 Å². The van der Waals surface area contributed by atoms with Gasteiger partial charge < -0.3 is 14.8 Å². The van der Waals surface area contributed by atoms with Gasteiger partial charge in [0.05, 0.1) is 18.6 Å². The van der Waals surface area contributed by atoms with Crippen LogP contribution in [-0.4, -0.2) is 56.6 Å². The van der Waals surface area contributed by atoms with Crippen LogP contribution in [0.4, 0.5) is 17.3 Å². The van der Waals surface area contributed by atoms with E-state index in [-0.39, 0.29) is 5.69 Å². The third kappa shape index (κ3) is 3.84. The van der Waals surface area contributed by atoms with Gasteiger partial charge in [0.15, 0.2) is 5.69 Å². The van der Waals surface area contributed by atoms with Crippen LogP contribution < -0.4 is 10.2 Å². The lowest BCUT2D eigenvalue weighted by molar-refractivity contribution is 0.260. The van der Waals surface area contributed by atoms with E-state index >= 15 is 0 Å². The minimum atomic E-state index is 0.288. The first-order valence-corrected chi connectivity index (χ1v) is 10.4. The lowest BCUT2D eigenvalue weighted by atomic mass is 10.2. The second-order valence-corrected chi connectivity index (χ2v) is 7.84. The minimum absolute atomic E-state index is 0.288. The number of benzene rings is 1. The van der Waals surface area contributed by atoms with E-state index in [1.807, 2.05) is 16.8 Å². The number of hydrogen-bond acceptors (Lipinski definition) is 7. The van der Waals surface area contributed by atoms with Crippen LogP contribution in [0.25, 0.3) is 5.69 Å². The Morgan fingerprint density at radius 2 is 1.73 bits per heavy atom. The van der Waals surface area contributed by atoms with Crippen molar-refractivity contribution in [1.29, 1.82) is 5.26 Å². The normalized spacial score (nSPS) is 19.2. The van der Waals surface area contributed by atoms with E-state index in [9.17, 15) is 0 Å². The van der Waals surface area contributed by atoms with E-state index in [0.717, 1.165) is 18.8 Å². The molecule has 0 amide bonds. The van der Waals surface area contributed by atoms with Crippen molar-refractivity contribution < 1.29 is 0 Å². The zero-order valence-corrected chi connectivity index (χ0v) is 16.8. The highest BCUT2D eigenvalue weighted by Gasteiger charge is 2.29. The molecule has 8 nitrogen and oxygen atoms in total. The van der Waals surface area contributed by atoms with Crippen molar-refractivity contribution in [3.63, 3.8) is 0 Å². The molecule has 2 aliphatic rings. The molecule has 2 saturated heterocycles. The molecular formula is C22H24N8. The Kier molecular flexibility index (Phi) is 5.03. The Morgan fingerprint density at radius 3 is 2.47 bits per heavy atom. The van der Waals surface area contributed by atoms with Crippen LogP contribution in [0.3, 0.4) is 0 Å². The van der Waals surface area contributed by atoms with Crippen molar-refractivity contribution in [3.05, 3.63) is 54.9 Å². The molecule has 2 fully saturated rings. The lowest BCUT2D eigenvalue weighted by Gasteiger charge is -2.24. The number of nitriles is 1. The van der Waals surface area contributed by atoms with E-state index in [4.69, 9.17) is 5.26 Å². The lowest BCUT2D eigenvalue weighted by Crippen LogP contribution is -2.35. The van der Waals surface area contributed by atoms with Crippen LogP contribution in [0, 0.1) is 11.3 Å². The predicted octanol–water partition coefficient (Wildman–Crippen LogP) is 2.95. The first kappa shape index (κ1) is 18.6. The molecule has 0 unspecified atom stereocenters. The Labute approximate surface area is 175 Å². The number of hydrogen-bond donors (Lipinski definition) is 1. The highest BCUT2D eigenvalue weighted by Crippen LogP contribution is 2.26. The first-order valence-electron chi connectivity index (χ1n) is 10.4. The quantitative estimate of drug-likeness (QED) is 0.705. The summed E-state index contributed by atoms with van der Waals surface area (Å²) in [4.78, 5) is 17.7. The van der Waals surface area contributed by atoms with Crippen molar-refractivity contribution in [2.24, 2.45) is 0 Å². The molecule has 152 valence electrons. The molecule has 0 spiro atoms. The van der Waals surface area contributed by atoms with E-state index in [1.54, 1.807) is 6.33 Å². The number of nitrogens with zero attached hydrogens (tertiary/aromatic N) is 7. The molecule has 2 aromatic heterocycles. The predicted molar refractivity (Wildman–Crippen MR) is 115 cm³/mol. The van der Waals surface area contributed by atoms with Crippen molar-refractivity contribution in [3.8, 4) is 11.8 Å². The number of rotatable bonds is 5. The summed E-state index contributed by atoms with van der Waals surface area (Å²) in [6, 6.07) is 11.3. The molecule has 4 heterocycles. The van der Waals surface area contributed by atoms with Crippen LogP contribution in [-0.2, 0) is 0 Å². The molecule has 1 N–H and O–H groups in total. The van der Waals surface area contributed by atoms with Gasteiger partial charge in [-0.3, -0.25) is 4.90 Å². The summed E-state index contributed by atoms with van der Waals surface area (Å²) in [5.74, 6) is 1.22. The first-order chi connectivity index (χ1) is 14.8. The van der Waals surface area contributed by atoms with Gasteiger partial charge in [0.1, 0.15) is 24.0 Å². The van der Waals surface area contributed by atoms with Gasteiger partial charge in [0.25, 0.3) is 0 Å². The maximum atomic E-state index is 8.81. The monoisotopic (exact) mass is 400 g/mol. The van der Waals surface area contributed by atoms with Gasteiger partial charge in [-0.05, 0) is 56.6 Å². The van der Waals surface area contributed by atoms with Crippen molar-refractivity contribution in [2.45, 2.75) is 25.3 Å². The molecule has 5 rings (SSSR count). The summed E-state index contributed by atoms with van der Waals surface area (Å²) in [5.41, 5.74) is 2.63. The topological polar surface area (TPSA) is 85.9 Å². The molecule has 1 aromatic carbocycles. The fraction of sp³-hybridized carbons (Fsp3) is 0.364. The largest absolute Gasteiger partial charge is 0.370 e. The second kappa shape index (κ2) is 8.13. The molecule has 3 aromatic rings. The number of aromatic nitrogens is 4. The summed E-state index contributed by atoms with van der Waals surface area (Å²) in [6.45, 7) is 4.79. The smallest absolute Gasteiger partial charge is 0.158 e. The maximum Gasteiger partial charge on any atom is 0.158 e. The Hall–Kier alpha value is -3.44. The van der Waals surface area contributed by atoms with Gasteiger partial charge in [-0.2, -0.15) is 5.26 Å². The SMILES string of the molecule is N#Cc1cnc(Nc2cn(-c3ccc(N4CC[C@@H](N5CCCC5)C4)cc3)cn2)cn1. The molecule has 0 radical (unpaired) electrons. The zero-order chi connectivity index (χ0) is 20.3. The average molecular weight is 400 g/mol. The Balaban J connectivity index is 1.23. The molecule has 8 heteroatoms. The molecular weight excluding hydrogens is 376 g/mol. The molecule has 1 atom stereocenters. The average Bonchev–Trinajstić information content (AvgIpc) is 3.55. The van der Waals surface area contributed by atoms with Crippen LogP contribution in [0.2, 0.25) is 0 Å². The Morgan fingerprint density at radius 1 is 0.933 bits per heavy atom. The number of likely N-dealkylation sites (tertiary alicyclic amines) is 1. The van der Waals surface area contributed by atoms with Crippen LogP contribution >= 0.6 is 0 Å². The summed E-state index contributed by atoms with van der Waals surface area (Å²) in [7, 11) is 0. The number of anilines is 3. The van der Waals surface area contributed by atoms with Gasteiger partial charge in [-0.1, -0.05) is 0 Å². The van der Waals surface area contributed by atoms with E-state index in [2.05, 4.69) is 54.3 Å². The van der Waals surface area contributed by atoms with Gasteiger partial charge in [-0.15, -0.1) is 0 Å². The van der Waals surface area contributed by atoms with E-state index < -0.39 is 0 Å². The second-order valence-electron chi connectivity index (χ2n) is 7.84. The van der Waals surface area contributed by atoms with Gasteiger partial charge >= 0.3 is 0 Å². The van der Waals surface area contributed by atoms with Crippen LogP contribution in [0.5, 0.6) is 0 Å². The van der Waals surface area contributed by atoms with Crippen molar-refractivity contribution >= 4 is 17.3 Å². The van der Waals surface area contributed by atoms with Gasteiger partial charge in [0.2, 0.25) is 0 Å². The van der Waals surface area contributed by atoms with Crippen LogP contribution in [0.1, 0.15) is 25.0 Å². The maximum absolute atomic E-state index is 8.81. The summed E-state index contributed by atoms with van der Waals surface area (Å²) >= 11 is 0. The Bertz CT molecular complexity index is 1030. The minimum Gasteiger partial charge on any atom is -0.370 e. The molecule has 0 aliphatic carbocycles. The zero-order valence-electron chi connectivity index (χ0n) is 16.8. The highest BCUT2D eigenvalue weighted by molar-refractivity contribution is 5.54. The van der Waals surface area contributed by atoms with E-state index in [0.29, 0.717) is 17.7 Å². The molecule has 0 bridgehead atoms. The molecule has 0 saturated carbocycles. The molecule has 30 heavy (non-hydrogen) atoms. The standard InChI is InChI=1S/C22H24N8/c23-11-17-12-25-21(13-24-17)27-22-15-30(16-26-22)19-5-3-18(4-6-19)29-10-7-20(14-29)28-8-1-2-9-28/h3-6,12-13,15-16,20H,1-2,7-10,14H2,(H,25,27)/t20-/m1/s1. The fourth-order valence-electron chi connectivity index (χ4n) is 4.33. The van der Waals surface area contributed by atoms with Crippen molar-refractivity contribution in [1.82, 2.24) is 24.4 Å². The van der Waals surface area contributed by atoms with E-state index in [1.165, 1.54) is 50.4 Å². The summed E-state index contributed by atoms with van der Waals surface area (Å²) in [6.07, 6.45) is 10.6. The third-order valence-electron chi connectivity index (χ3n) is 5.94. The summed E-state index contributed by atoms with van der Waals surface area (Å²) < 4.78 is 1.97. The molecule has 2 aliphatic heterocycles. The van der Waals surface area contributed by atoms with Crippen LogP contribution in [0.15, 0.2) is 49.2 Å². The van der Waals surface area contributed by atoms with Crippen molar-refractivity contribution in [2.75, 3.05) is 36.4 Å². The van der Waals surface area contributed by atoms with Gasteiger partial charge in [0, 0.05) is 30.5 Å². The fourth-order valence-corrected chi connectivity index (χ4v) is 4.33. The summed E-state index contributed by atoms with van der Waals surface area (Å²) in [5, 5.41) is 11.9.